The van der Waals surface area contributed by atoms with E-state index in [2.05, 4.69) is 31.9 Å². The van der Waals surface area contributed by atoms with Gasteiger partial charge >= 0.3 is 0 Å². The van der Waals surface area contributed by atoms with Crippen LogP contribution in [-0.4, -0.2) is 5.11 Å². The normalized spacial score (nSPS) is 10.6. The third kappa shape index (κ3) is 1.46. The molecular weight excluding hydrogens is 296 g/mol. The van der Waals surface area contributed by atoms with Crippen LogP contribution < -0.4 is 0 Å². The van der Waals surface area contributed by atoms with Crippen LogP contribution in [0.25, 0.3) is 10.8 Å². The fourth-order valence-electron chi connectivity index (χ4n) is 1.26. The minimum atomic E-state index is 0.255. The Labute approximate surface area is 92.6 Å². The van der Waals surface area contributed by atoms with E-state index >= 15 is 0 Å². The lowest BCUT2D eigenvalue weighted by molar-refractivity contribution is 0.472. The summed E-state index contributed by atoms with van der Waals surface area (Å²) in [4.78, 5) is 0. The van der Waals surface area contributed by atoms with Crippen molar-refractivity contribution in [3.63, 3.8) is 0 Å². The zero-order valence-electron chi connectivity index (χ0n) is 6.59. The maximum absolute atomic E-state index is 9.52. The lowest BCUT2D eigenvalue weighted by Crippen LogP contribution is -1.77. The van der Waals surface area contributed by atoms with E-state index in [-0.39, 0.29) is 5.75 Å². The maximum atomic E-state index is 9.52. The Bertz CT molecular complexity index is 466. The first kappa shape index (κ1) is 9.03. The van der Waals surface area contributed by atoms with Gasteiger partial charge in [-0.15, -0.1) is 0 Å². The van der Waals surface area contributed by atoms with Gasteiger partial charge in [0.2, 0.25) is 0 Å². The summed E-state index contributed by atoms with van der Waals surface area (Å²) >= 11 is 6.73. The summed E-state index contributed by atoms with van der Waals surface area (Å²) in [5.41, 5.74) is 0. The molecule has 0 radical (unpaired) electrons. The smallest absolute Gasteiger partial charge is 0.131 e. The molecule has 13 heavy (non-hydrogen) atoms. The monoisotopic (exact) mass is 300 g/mol. The zero-order chi connectivity index (χ0) is 9.42. The molecule has 0 aliphatic heterocycles. The van der Waals surface area contributed by atoms with Crippen molar-refractivity contribution >= 4 is 42.6 Å². The molecule has 1 N–H and O–H groups in total. The first-order valence-corrected chi connectivity index (χ1v) is 5.34. The van der Waals surface area contributed by atoms with Gasteiger partial charge in [0, 0.05) is 4.47 Å². The van der Waals surface area contributed by atoms with Crippen molar-refractivity contribution in [2.75, 3.05) is 0 Å². The summed E-state index contributed by atoms with van der Waals surface area (Å²) < 4.78 is 1.59. The molecular formula is C10H6Br2O. The Balaban J connectivity index is 2.94. The summed E-state index contributed by atoms with van der Waals surface area (Å²) in [7, 11) is 0. The van der Waals surface area contributed by atoms with E-state index in [4.69, 9.17) is 0 Å². The number of phenolic OH excluding ortho intramolecular Hbond substituents is 1. The predicted molar refractivity (Wildman–Crippen MR) is 61.0 cm³/mol. The highest BCUT2D eigenvalue weighted by molar-refractivity contribution is 9.13. The molecule has 3 heteroatoms. The standard InChI is InChI=1S/C10H6Br2O/c11-9-7-4-2-1-3-6(7)5-8(13)10(9)12/h1-5,13H. The van der Waals surface area contributed by atoms with E-state index in [0.717, 1.165) is 15.2 Å². The number of rotatable bonds is 0. The van der Waals surface area contributed by atoms with Crippen molar-refractivity contribution in [2.24, 2.45) is 0 Å². The second kappa shape index (κ2) is 3.31. The molecule has 0 spiro atoms. The number of phenols is 1. The number of aromatic hydroxyl groups is 1. The summed E-state index contributed by atoms with van der Waals surface area (Å²) in [5, 5.41) is 11.6. The first-order valence-electron chi connectivity index (χ1n) is 3.76. The molecule has 0 amide bonds. The molecule has 0 aliphatic carbocycles. The van der Waals surface area contributed by atoms with Crippen molar-refractivity contribution in [3.05, 3.63) is 39.3 Å². The Morgan fingerprint density at radius 1 is 1.00 bits per heavy atom. The lowest BCUT2D eigenvalue weighted by atomic mass is 10.1. The van der Waals surface area contributed by atoms with Gasteiger partial charge in [-0.1, -0.05) is 24.3 Å². The first-order chi connectivity index (χ1) is 6.20. The van der Waals surface area contributed by atoms with E-state index < -0.39 is 0 Å². The molecule has 1 nitrogen and oxygen atoms in total. The minimum absolute atomic E-state index is 0.255. The van der Waals surface area contributed by atoms with Gasteiger partial charge in [-0.25, -0.2) is 0 Å². The molecule has 0 heterocycles. The van der Waals surface area contributed by atoms with Gasteiger partial charge in [-0.2, -0.15) is 0 Å². The van der Waals surface area contributed by atoms with Crippen molar-refractivity contribution in [1.29, 1.82) is 0 Å². The van der Waals surface area contributed by atoms with Gasteiger partial charge in [0.25, 0.3) is 0 Å². The van der Waals surface area contributed by atoms with Crippen LogP contribution in [0.2, 0.25) is 0 Å². The molecule has 0 fully saturated rings. The maximum Gasteiger partial charge on any atom is 0.131 e. The van der Waals surface area contributed by atoms with E-state index in [0.29, 0.717) is 4.47 Å². The van der Waals surface area contributed by atoms with Gasteiger partial charge in [0.15, 0.2) is 0 Å². The fraction of sp³-hybridized carbons (Fsp3) is 0. The third-order valence-electron chi connectivity index (χ3n) is 1.91. The van der Waals surface area contributed by atoms with Gasteiger partial charge in [0.1, 0.15) is 5.75 Å². The van der Waals surface area contributed by atoms with Crippen LogP contribution in [0.4, 0.5) is 0 Å². The van der Waals surface area contributed by atoms with Crippen LogP contribution in [0.5, 0.6) is 5.75 Å². The van der Waals surface area contributed by atoms with Gasteiger partial charge in [-0.3, -0.25) is 0 Å². The van der Waals surface area contributed by atoms with E-state index in [1.165, 1.54) is 0 Å². The SMILES string of the molecule is Oc1cc2ccccc2c(Br)c1Br. The predicted octanol–water partition coefficient (Wildman–Crippen LogP) is 4.07. The summed E-state index contributed by atoms with van der Waals surface area (Å²) in [5.74, 6) is 0.255. The molecule has 2 aromatic rings. The molecule has 0 unspecified atom stereocenters. The van der Waals surface area contributed by atoms with E-state index in [1.54, 1.807) is 6.07 Å². The van der Waals surface area contributed by atoms with Crippen LogP contribution in [-0.2, 0) is 0 Å². The number of hydrogen-bond donors (Lipinski definition) is 1. The van der Waals surface area contributed by atoms with Crippen molar-refractivity contribution in [2.45, 2.75) is 0 Å². The van der Waals surface area contributed by atoms with E-state index in [9.17, 15) is 5.11 Å². The Morgan fingerprint density at radius 2 is 1.69 bits per heavy atom. The fourth-order valence-corrected chi connectivity index (χ4v) is 2.16. The Kier molecular flexibility index (Phi) is 2.30. The topological polar surface area (TPSA) is 20.2 Å². The molecule has 0 saturated carbocycles. The molecule has 2 aromatic carbocycles. The van der Waals surface area contributed by atoms with Crippen LogP contribution in [0.15, 0.2) is 39.3 Å². The van der Waals surface area contributed by atoms with Crippen LogP contribution in [0.3, 0.4) is 0 Å². The summed E-state index contributed by atoms with van der Waals surface area (Å²) in [6.07, 6.45) is 0. The molecule has 66 valence electrons. The molecule has 0 aliphatic rings. The van der Waals surface area contributed by atoms with Crippen LogP contribution in [0, 0.1) is 0 Å². The van der Waals surface area contributed by atoms with Crippen molar-refractivity contribution in [3.8, 4) is 5.75 Å². The lowest BCUT2D eigenvalue weighted by Gasteiger charge is -2.04. The van der Waals surface area contributed by atoms with E-state index in [1.807, 2.05) is 24.3 Å². The van der Waals surface area contributed by atoms with Crippen LogP contribution in [0.1, 0.15) is 0 Å². The average Bonchev–Trinajstić information content (AvgIpc) is 2.15. The Morgan fingerprint density at radius 3 is 2.46 bits per heavy atom. The molecule has 2 rings (SSSR count). The number of benzene rings is 2. The van der Waals surface area contributed by atoms with Gasteiger partial charge < -0.3 is 5.11 Å². The van der Waals surface area contributed by atoms with Crippen molar-refractivity contribution in [1.82, 2.24) is 0 Å². The number of halogens is 2. The van der Waals surface area contributed by atoms with Gasteiger partial charge in [0.05, 0.1) is 4.47 Å². The van der Waals surface area contributed by atoms with Crippen LogP contribution >= 0.6 is 31.9 Å². The molecule has 0 saturated heterocycles. The number of fused-ring (bicyclic) bond motifs is 1. The largest absolute Gasteiger partial charge is 0.507 e. The quantitative estimate of drug-likeness (QED) is 0.778. The summed E-state index contributed by atoms with van der Waals surface area (Å²) in [6, 6.07) is 9.62. The summed E-state index contributed by atoms with van der Waals surface area (Å²) in [6.45, 7) is 0. The highest BCUT2D eigenvalue weighted by atomic mass is 79.9. The number of hydrogen-bond acceptors (Lipinski definition) is 1. The molecule has 0 aromatic heterocycles. The average molecular weight is 302 g/mol. The second-order valence-electron chi connectivity index (χ2n) is 2.74. The van der Waals surface area contributed by atoms with Gasteiger partial charge in [-0.05, 0) is 48.7 Å². The molecule has 0 bridgehead atoms. The third-order valence-corrected chi connectivity index (χ3v) is 4.07. The van der Waals surface area contributed by atoms with Crippen molar-refractivity contribution < 1.29 is 5.11 Å². The minimum Gasteiger partial charge on any atom is -0.507 e. The zero-order valence-corrected chi connectivity index (χ0v) is 9.76. The Hall–Kier alpha value is -0.540. The second-order valence-corrected chi connectivity index (χ2v) is 4.33. The highest BCUT2D eigenvalue weighted by Gasteiger charge is 2.07. The highest BCUT2D eigenvalue weighted by Crippen LogP contribution is 2.37. The molecule has 0 atom stereocenters.